The average Bonchev–Trinajstić information content (AvgIpc) is 3.11. The van der Waals surface area contributed by atoms with Gasteiger partial charge in [-0.3, -0.25) is 9.78 Å². The van der Waals surface area contributed by atoms with Crippen LogP contribution in [0.25, 0.3) is 11.1 Å². The normalized spacial score (nSPS) is 17.9. The molecule has 8 nitrogen and oxygen atoms in total. The molecule has 0 aliphatic carbocycles. The Bertz CT molecular complexity index is 1720. The molecule has 228 valence electrons. The fourth-order valence-electron chi connectivity index (χ4n) is 5.28. The zero-order valence-electron chi connectivity index (χ0n) is 24.5. The number of carbonyl (C=O) groups excluding carboxylic acids is 1. The molecule has 0 unspecified atom stereocenters. The molecule has 3 atom stereocenters. The molecular weight excluding hydrogens is 586 g/mol. The van der Waals surface area contributed by atoms with Crippen LogP contribution in [-0.2, 0) is 22.6 Å². The maximum absolute atomic E-state index is 12.6. The minimum absolute atomic E-state index is 0.0184. The Morgan fingerprint density at radius 2 is 1.71 bits per heavy atom. The lowest BCUT2D eigenvalue weighted by atomic mass is 9.97. The second-order valence-corrected chi connectivity index (χ2v) is 11.8. The van der Waals surface area contributed by atoms with Crippen LogP contribution in [0, 0.1) is 5.21 Å². The summed E-state index contributed by atoms with van der Waals surface area (Å²) in [5.74, 6) is 0.415. The molecule has 2 aromatic heterocycles. The standard InChI is InChI=1S/C36H33N3O5S/c40-23-25-10-12-27(13-11-25)33-20-31(24-45-34-9-3-4-19-39(34)42)43-36(44-33)28-16-14-26(15-17-28)32-8-2-1-6-29(32)22-38-35(41)30-7-5-18-37-21-30/h1-19,21,31,33,36,40H,20,22-24H2,(H,38,41)/t31-,33+,36+/m1/s1. The molecule has 0 spiro atoms. The lowest BCUT2D eigenvalue weighted by molar-refractivity contribution is -0.645. The Balaban J connectivity index is 1.19. The van der Waals surface area contributed by atoms with Crippen LogP contribution < -0.4 is 10.0 Å². The van der Waals surface area contributed by atoms with Crippen LogP contribution in [0.3, 0.4) is 0 Å². The minimum Gasteiger partial charge on any atom is -0.618 e. The Morgan fingerprint density at radius 1 is 0.933 bits per heavy atom. The monoisotopic (exact) mass is 619 g/mol. The summed E-state index contributed by atoms with van der Waals surface area (Å²) < 4.78 is 13.8. The number of benzene rings is 3. The third-order valence-electron chi connectivity index (χ3n) is 7.69. The largest absolute Gasteiger partial charge is 0.618 e. The first-order chi connectivity index (χ1) is 22.1. The van der Waals surface area contributed by atoms with E-state index in [0.29, 0.717) is 29.3 Å². The molecule has 2 N–H and O–H groups in total. The lowest BCUT2D eigenvalue weighted by Gasteiger charge is -2.36. The third-order valence-corrected chi connectivity index (χ3v) is 8.85. The second kappa shape index (κ2) is 14.5. The maximum atomic E-state index is 12.6. The number of hydrogen-bond acceptors (Lipinski definition) is 7. The van der Waals surface area contributed by atoms with E-state index < -0.39 is 6.29 Å². The minimum atomic E-state index is -0.606. The van der Waals surface area contributed by atoms with Crippen molar-refractivity contribution in [2.45, 2.75) is 43.1 Å². The van der Waals surface area contributed by atoms with Gasteiger partial charge < -0.3 is 25.1 Å². The van der Waals surface area contributed by atoms with Gasteiger partial charge in [0.2, 0.25) is 0 Å². The zero-order valence-corrected chi connectivity index (χ0v) is 25.3. The fourth-order valence-corrected chi connectivity index (χ4v) is 6.21. The summed E-state index contributed by atoms with van der Waals surface area (Å²) >= 11 is 1.46. The van der Waals surface area contributed by atoms with Gasteiger partial charge in [-0.05, 0) is 46.0 Å². The lowest BCUT2D eigenvalue weighted by Crippen LogP contribution is -2.32. The van der Waals surface area contributed by atoms with Gasteiger partial charge in [-0.1, -0.05) is 84.6 Å². The summed E-state index contributed by atoms with van der Waals surface area (Å²) in [5.41, 5.74) is 6.26. The number of nitrogens with one attached hydrogen (secondary N) is 1. The number of rotatable bonds is 10. The van der Waals surface area contributed by atoms with Crippen LogP contribution in [0.2, 0.25) is 0 Å². The van der Waals surface area contributed by atoms with Gasteiger partial charge in [0.05, 0.1) is 24.4 Å². The molecule has 45 heavy (non-hydrogen) atoms. The molecule has 3 aromatic carbocycles. The molecule has 9 heteroatoms. The number of hydrogen-bond donors (Lipinski definition) is 2. The Morgan fingerprint density at radius 3 is 2.47 bits per heavy atom. The highest BCUT2D eigenvalue weighted by Gasteiger charge is 2.32. The molecule has 0 saturated carbocycles. The quantitative estimate of drug-likeness (QED) is 0.110. The summed E-state index contributed by atoms with van der Waals surface area (Å²) in [6, 6.07) is 32.7. The molecule has 1 saturated heterocycles. The van der Waals surface area contributed by atoms with Crippen LogP contribution in [0.1, 0.15) is 51.4 Å². The van der Waals surface area contributed by atoms with Gasteiger partial charge in [-0.15, -0.1) is 0 Å². The van der Waals surface area contributed by atoms with Crippen molar-refractivity contribution in [2.75, 3.05) is 5.75 Å². The van der Waals surface area contributed by atoms with Crippen molar-refractivity contribution in [2.24, 2.45) is 0 Å². The highest BCUT2D eigenvalue weighted by atomic mass is 32.2. The molecule has 0 radical (unpaired) electrons. The average molecular weight is 620 g/mol. The predicted octanol–water partition coefficient (Wildman–Crippen LogP) is 6.14. The SMILES string of the molecule is O=C(NCc1ccccc1-c1ccc([C@H]2O[C@@H](CSc3cccc[n+]3[O-])C[C@@H](c3ccc(CO)cc3)O2)cc1)c1cccnc1. The highest BCUT2D eigenvalue weighted by molar-refractivity contribution is 7.99. The van der Waals surface area contributed by atoms with E-state index in [1.807, 2.05) is 78.9 Å². The first-order valence-electron chi connectivity index (χ1n) is 14.8. The van der Waals surface area contributed by atoms with E-state index in [1.54, 1.807) is 36.7 Å². The summed E-state index contributed by atoms with van der Waals surface area (Å²) in [4.78, 5) is 16.6. The zero-order chi connectivity index (χ0) is 31.0. The van der Waals surface area contributed by atoms with E-state index in [2.05, 4.69) is 10.3 Å². The molecule has 6 rings (SSSR count). The van der Waals surface area contributed by atoms with Crippen molar-refractivity contribution >= 4 is 17.7 Å². The molecule has 1 aliphatic heterocycles. The van der Waals surface area contributed by atoms with Gasteiger partial charge in [0, 0.05) is 48.8 Å². The van der Waals surface area contributed by atoms with E-state index in [-0.39, 0.29) is 24.7 Å². The van der Waals surface area contributed by atoms with Crippen LogP contribution in [-0.4, -0.2) is 27.9 Å². The number of nitrogens with zero attached hydrogens (tertiary/aromatic N) is 2. The summed E-state index contributed by atoms with van der Waals surface area (Å²) in [5, 5.41) is 25.3. The molecule has 3 heterocycles. The molecule has 5 aromatic rings. The van der Waals surface area contributed by atoms with E-state index in [1.165, 1.54) is 18.0 Å². The van der Waals surface area contributed by atoms with Crippen LogP contribution in [0.4, 0.5) is 0 Å². The van der Waals surface area contributed by atoms with Crippen molar-refractivity contribution in [3.05, 3.63) is 155 Å². The summed E-state index contributed by atoms with van der Waals surface area (Å²) in [6.07, 6.45) is 4.32. The van der Waals surface area contributed by atoms with E-state index in [9.17, 15) is 15.1 Å². The molecule has 0 bridgehead atoms. The number of amides is 1. The summed E-state index contributed by atoms with van der Waals surface area (Å²) in [7, 11) is 0. The van der Waals surface area contributed by atoms with Crippen molar-refractivity contribution in [1.82, 2.24) is 10.3 Å². The maximum Gasteiger partial charge on any atom is 0.253 e. The number of pyridine rings is 2. The molecule has 1 amide bonds. The van der Waals surface area contributed by atoms with Crippen LogP contribution in [0.15, 0.2) is 127 Å². The number of aliphatic hydroxyl groups is 1. The molecule has 1 aliphatic rings. The van der Waals surface area contributed by atoms with E-state index in [0.717, 1.165) is 38.1 Å². The highest BCUT2D eigenvalue weighted by Crippen LogP contribution is 2.39. The van der Waals surface area contributed by atoms with Gasteiger partial charge in [0.1, 0.15) is 0 Å². The number of aromatic nitrogens is 2. The topological polar surface area (TPSA) is 108 Å². The Hall–Kier alpha value is -4.54. The number of ether oxygens (including phenoxy) is 2. The molecular formula is C36H33N3O5S. The Labute approximate surface area is 266 Å². The van der Waals surface area contributed by atoms with E-state index in [4.69, 9.17) is 9.47 Å². The van der Waals surface area contributed by atoms with Gasteiger partial charge >= 0.3 is 0 Å². The summed E-state index contributed by atoms with van der Waals surface area (Å²) in [6.45, 7) is 0.358. The Kier molecular flexibility index (Phi) is 9.82. The number of aliphatic hydroxyl groups excluding tert-OH is 1. The van der Waals surface area contributed by atoms with Crippen molar-refractivity contribution in [1.29, 1.82) is 0 Å². The smallest absolute Gasteiger partial charge is 0.253 e. The van der Waals surface area contributed by atoms with Crippen LogP contribution >= 0.6 is 11.8 Å². The van der Waals surface area contributed by atoms with E-state index >= 15 is 0 Å². The molecule has 1 fully saturated rings. The van der Waals surface area contributed by atoms with Gasteiger partial charge in [-0.2, -0.15) is 4.73 Å². The fraction of sp³-hybridized carbons (Fsp3) is 0.194. The predicted molar refractivity (Wildman–Crippen MR) is 172 cm³/mol. The van der Waals surface area contributed by atoms with Crippen LogP contribution in [0.5, 0.6) is 0 Å². The van der Waals surface area contributed by atoms with Crippen molar-refractivity contribution < 1.29 is 24.1 Å². The third kappa shape index (κ3) is 7.58. The number of thioether (sulfide) groups is 1. The van der Waals surface area contributed by atoms with Gasteiger partial charge in [-0.25, -0.2) is 0 Å². The van der Waals surface area contributed by atoms with Crippen molar-refractivity contribution in [3.63, 3.8) is 0 Å². The second-order valence-electron chi connectivity index (χ2n) is 10.7. The van der Waals surface area contributed by atoms with Gasteiger partial charge in [0.25, 0.3) is 10.9 Å². The first kappa shape index (κ1) is 30.5. The van der Waals surface area contributed by atoms with Gasteiger partial charge in [0.15, 0.2) is 12.5 Å². The van der Waals surface area contributed by atoms with Crippen molar-refractivity contribution in [3.8, 4) is 11.1 Å². The first-order valence-corrected chi connectivity index (χ1v) is 15.7. The number of carbonyl (C=O) groups is 1.